The SMILES string of the molecule is C1=C2c3ccccc3OC2CC(N(c2ccc(-c3ccccc3)cc2)c2ccc3c(c2)C2(c4ccccc4-3)c3ccc4ccccc4c3Oc3c2ccc2ccccc32)=C1. The summed E-state index contributed by atoms with van der Waals surface area (Å²) in [6.07, 6.45) is 5.25. The first kappa shape index (κ1) is 33.4. The van der Waals surface area contributed by atoms with Gasteiger partial charge in [-0.1, -0.05) is 170 Å². The molecule has 13 rings (SSSR count). The number of nitrogens with zero attached hydrogens (tertiary/aromatic N) is 1. The summed E-state index contributed by atoms with van der Waals surface area (Å²) >= 11 is 0. The fraction of sp³-hybridized carbons (Fsp3) is 0.0526. The van der Waals surface area contributed by atoms with Gasteiger partial charge in [0.25, 0.3) is 0 Å². The summed E-state index contributed by atoms with van der Waals surface area (Å²) in [4.78, 5) is 2.45. The van der Waals surface area contributed by atoms with Crippen molar-refractivity contribution in [2.24, 2.45) is 0 Å². The van der Waals surface area contributed by atoms with Gasteiger partial charge in [0.1, 0.15) is 23.4 Å². The average molecular weight is 768 g/mol. The molecule has 1 atom stereocenters. The van der Waals surface area contributed by atoms with Gasteiger partial charge in [0, 0.05) is 56.5 Å². The topological polar surface area (TPSA) is 21.7 Å². The van der Waals surface area contributed by atoms with E-state index in [4.69, 9.17) is 9.47 Å². The van der Waals surface area contributed by atoms with Crippen molar-refractivity contribution in [2.45, 2.75) is 17.9 Å². The maximum absolute atomic E-state index is 7.24. The summed E-state index contributed by atoms with van der Waals surface area (Å²) in [7, 11) is 0. The summed E-state index contributed by atoms with van der Waals surface area (Å²) in [5.74, 6) is 2.80. The summed E-state index contributed by atoms with van der Waals surface area (Å²) < 4.78 is 13.9. The summed E-state index contributed by atoms with van der Waals surface area (Å²) in [6, 6.07) is 70.6. The molecule has 0 aromatic heterocycles. The highest BCUT2D eigenvalue weighted by Crippen LogP contribution is 2.64. The van der Waals surface area contributed by atoms with Gasteiger partial charge >= 0.3 is 0 Å². The number of rotatable bonds is 4. The van der Waals surface area contributed by atoms with E-state index in [0.717, 1.165) is 67.7 Å². The van der Waals surface area contributed by atoms with Crippen LogP contribution < -0.4 is 14.4 Å². The van der Waals surface area contributed by atoms with Crippen LogP contribution in [0.2, 0.25) is 0 Å². The molecule has 1 spiro atoms. The first-order valence-corrected chi connectivity index (χ1v) is 20.8. The Morgan fingerprint density at radius 1 is 0.450 bits per heavy atom. The third-order valence-corrected chi connectivity index (χ3v) is 13.2. The Morgan fingerprint density at radius 3 is 1.80 bits per heavy atom. The molecule has 0 saturated heterocycles. The molecule has 0 fully saturated rings. The van der Waals surface area contributed by atoms with Crippen LogP contribution in [0.4, 0.5) is 11.4 Å². The molecule has 282 valence electrons. The van der Waals surface area contributed by atoms with Crippen molar-refractivity contribution in [2.75, 3.05) is 4.90 Å². The first-order valence-electron chi connectivity index (χ1n) is 20.8. The van der Waals surface area contributed by atoms with E-state index in [2.05, 4.69) is 211 Å². The third-order valence-electron chi connectivity index (χ3n) is 13.2. The van der Waals surface area contributed by atoms with Crippen LogP contribution in [0.3, 0.4) is 0 Å². The predicted molar refractivity (Wildman–Crippen MR) is 244 cm³/mol. The number of benzene rings is 9. The molecule has 9 aromatic carbocycles. The number of fused-ring (bicyclic) bond motifs is 16. The number of anilines is 2. The Labute approximate surface area is 348 Å². The molecule has 0 amide bonds. The zero-order valence-electron chi connectivity index (χ0n) is 32.7. The van der Waals surface area contributed by atoms with Crippen molar-refractivity contribution in [1.29, 1.82) is 0 Å². The van der Waals surface area contributed by atoms with Gasteiger partial charge in [-0.2, -0.15) is 0 Å². The van der Waals surface area contributed by atoms with Crippen molar-refractivity contribution in [1.82, 2.24) is 0 Å². The molecule has 0 N–H and O–H groups in total. The molecule has 0 bridgehead atoms. The fourth-order valence-corrected chi connectivity index (χ4v) is 10.6. The molecule has 2 heterocycles. The molecule has 2 aliphatic carbocycles. The predicted octanol–water partition coefficient (Wildman–Crippen LogP) is 14.4. The monoisotopic (exact) mass is 767 g/mol. The average Bonchev–Trinajstić information content (AvgIpc) is 3.83. The number of ether oxygens (including phenoxy) is 2. The first-order chi connectivity index (χ1) is 29.7. The van der Waals surface area contributed by atoms with Crippen molar-refractivity contribution >= 4 is 38.5 Å². The minimum absolute atomic E-state index is 0.0608. The molecule has 3 nitrogen and oxygen atoms in total. The van der Waals surface area contributed by atoms with Crippen LogP contribution >= 0.6 is 0 Å². The normalized spacial score (nSPS) is 16.0. The van der Waals surface area contributed by atoms with Gasteiger partial charge in [-0.15, -0.1) is 0 Å². The van der Waals surface area contributed by atoms with E-state index in [-0.39, 0.29) is 6.10 Å². The van der Waals surface area contributed by atoms with Crippen LogP contribution in [0, 0.1) is 0 Å². The standard InChI is InChI=1S/C57H37NO2/c1-2-12-36(13-3-1)37-22-26-40(27-23-37)58(42-29-31-48-47-19-9-11-21-53(47)59-54(48)35-42)41-28-30-46-45-18-8-10-20-49(45)57(52(46)34-41)50-32-24-38-14-4-6-16-43(38)55(50)60-56-44-17-7-5-15-39(44)25-33-51(56)57/h1-34,54H,35H2. The fourth-order valence-electron chi connectivity index (χ4n) is 10.6. The van der Waals surface area contributed by atoms with Crippen molar-refractivity contribution in [3.63, 3.8) is 0 Å². The number of allylic oxidation sites excluding steroid dienone is 2. The van der Waals surface area contributed by atoms with E-state index in [1.165, 1.54) is 50.2 Å². The van der Waals surface area contributed by atoms with E-state index in [9.17, 15) is 0 Å². The molecule has 1 unspecified atom stereocenters. The second-order valence-corrected chi connectivity index (χ2v) is 16.3. The molecule has 2 aliphatic heterocycles. The van der Waals surface area contributed by atoms with Gasteiger partial charge in [0.2, 0.25) is 0 Å². The Balaban J connectivity index is 1.07. The molecule has 9 aromatic rings. The highest BCUT2D eigenvalue weighted by Gasteiger charge is 2.52. The van der Waals surface area contributed by atoms with Crippen LogP contribution in [0.5, 0.6) is 17.2 Å². The van der Waals surface area contributed by atoms with Crippen LogP contribution in [-0.4, -0.2) is 6.10 Å². The van der Waals surface area contributed by atoms with E-state index in [1.54, 1.807) is 0 Å². The number of para-hydroxylation sites is 1. The Hall–Kier alpha value is -7.62. The zero-order chi connectivity index (χ0) is 39.4. The van der Waals surface area contributed by atoms with Crippen molar-refractivity contribution < 1.29 is 9.47 Å². The van der Waals surface area contributed by atoms with Gasteiger partial charge in [-0.3, -0.25) is 0 Å². The summed E-state index contributed by atoms with van der Waals surface area (Å²) in [5.41, 5.74) is 14.9. The van der Waals surface area contributed by atoms with Crippen LogP contribution in [0.1, 0.15) is 34.2 Å². The van der Waals surface area contributed by atoms with E-state index in [0.29, 0.717) is 0 Å². The largest absolute Gasteiger partial charge is 0.485 e. The maximum atomic E-state index is 7.24. The number of hydrogen-bond donors (Lipinski definition) is 0. The quantitative estimate of drug-likeness (QED) is 0.178. The molecule has 0 saturated carbocycles. The third kappa shape index (κ3) is 4.66. The lowest BCUT2D eigenvalue weighted by molar-refractivity contribution is 0.274. The second-order valence-electron chi connectivity index (χ2n) is 16.3. The maximum Gasteiger partial charge on any atom is 0.140 e. The number of hydrogen-bond acceptors (Lipinski definition) is 3. The molecule has 4 aliphatic rings. The van der Waals surface area contributed by atoms with Gasteiger partial charge in [0.15, 0.2) is 0 Å². The molecule has 0 radical (unpaired) electrons. The zero-order valence-corrected chi connectivity index (χ0v) is 32.7. The lowest BCUT2D eigenvalue weighted by atomic mass is 9.65. The van der Waals surface area contributed by atoms with Crippen LogP contribution in [0.25, 0.3) is 49.4 Å². The smallest absolute Gasteiger partial charge is 0.140 e. The van der Waals surface area contributed by atoms with E-state index >= 15 is 0 Å². The Morgan fingerprint density at radius 2 is 1.05 bits per heavy atom. The highest BCUT2D eigenvalue weighted by atomic mass is 16.5. The van der Waals surface area contributed by atoms with E-state index in [1.807, 2.05) is 0 Å². The van der Waals surface area contributed by atoms with Gasteiger partial charge in [-0.05, 0) is 80.6 Å². The van der Waals surface area contributed by atoms with Gasteiger partial charge < -0.3 is 14.4 Å². The Kier molecular flexibility index (Phi) is 7.06. The molecular formula is C57H37NO2. The summed E-state index contributed by atoms with van der Waals surface area (Å²) in [5, 5.41) is 4.55. The van der Waals surface area contributed by atoms with E-state index < -0.39 is 5.41 Å². The highest BCUT2D eigenvalue weighted by molar-refractivity contribution is 6.00. The van der Waals surface area contributed by atoms with Crippen molar-refractivity contribution in [3.8, 4) is 39.5 Å². The van der Waals surface area contributed by atoms with Gasteiger partial charge in [0.05, 0.1) is 5.41 Å². The lowest BCUT2D eigenvalue weighted by Crippen LogP contribution is -2.32. The van der Waals surface area contributed by atoms with Gasteiger partial charge in [-0.25, -0.2) is 0 Å². The van der Waals surface area contributed by atoms with Crippen LogP contribution in [-0.2, 0) is 5.41 Å². The Bertz CT molecular complexity index is 3220. The van der Waals surface area contributed by atoms with Crippen molar-refractivity contribution in [3.05, 3.63) is 240 Å². The van der Waals surface area contributed by atoms with Crippen LogP contribution in [0.15, 0.2) is 212 Å². The second kappa shape index (κ2) is 12.7. The minimum Gasteiger partial charge on any atom is -0.485 e. The minimum atomic E-state index is -0.647. The molecule has 60 heavy (non-hydrogen) atoms. The lowest BCUT2D eigenvalue weighted by Gasteiger charge is -2.40. The molecular weight excluding hydrogens is 731 g/mol. The molecule has 3 heteroatoms. The summed E-state index contributed by atoms with van der Waals surface area (Å²) in [6.45, 7) is 0.